The monoisotopic (exact) mass is 192 g/mol. The minimum atomic E-state index is 0.335. The Labute approximate surface area is 86.8 Å². The average molecular weight is 192 g/mol. The first kappa shape index (κ1) is 11.2. The summed E-state index contributed by atoms with van der Waals surface area (Å²) in [6.07, 6.45) is 3.68. The summed E-state index contributed by atoms with van der Waals surface area (Å²) in [6.45, 7) is 9.91. The molecule has 1 rings (SSSR count). The summed E-state index contributed by atoms with van der Waals surface area (Å²) in [7, 11) is 0. The van der Waals surface area contributed by atoms with Crippen molar-refractivity contribution in [3.63, 3.8) is 0 Å². The molecule has 0 unspecified atom stereocenters. The van der Waals surface area contributed by atoms with Crippen LogP contribution in [0.25, 0.3) is 0 Å². The molecule has 1 aromatic rings. The van der Waals surface area contributed by atoms with E-state index in [1.54, 1.807) is 0 Å². The zero-order valence-electron chi connectivity index (χ0n) is 9.54. The second-order valence-electron chi connectivity index (χ2n) is 4.94. The molecule has 0 aliphatic carbocycles. The molecular weight excluding hydrogens is 172 g/mol. The molecule has 0 aromatic carbocycles. The Morgan fingerprint density at radius 2 is 1.86 bits per heavy atom. The van der Waals surface area contributed by atoms with Crippen LogP contribution < -0.4 is 5.32 Å². The maximum Gasteiger partial charge on any atom is 0.0293 e. The number of nitrogens with zero attached hydrogens (tertiary/aromatic N) is 1. The SMILES string of the molecule is C[C@@H](NCC(C)(C)C)c1ccncc1. The predicted molar refractivity (Wildman–Crippen MR) is 60.1 cm³/mol. The van der Waals surface area contributed by atoms with Crippen LogP contribution in [-0.2, 0) is 0 Å². The number of hydrogen-bond acceptors (Lipinski definition) is 2. The van der Waals surface area contributed by atoms with Crippen molar-refractivity contribution < 1.29 is 0 Å². The van der Waals surface area contributed by atoms with Gasteiger partial charge in [-0.1, -0.05) is 20.8 Å². The van der Waals surface area contributed by atoms with Crippen molar-refractivity contribution in [2.75, 3.05) is 6.54 Å². The molecular formula is C12H20N2. The summed E-state index contributed by atoms with van der Waals surface area (Å²) in [5, 5.41) is 3.51. The Morgan fingerprint density at radius 1 is 1.29 bits per heavy atom. The average Bonchev–Trinajstić information content (AvgIpc) is 2.14. The van der Waals surface area contributed by atoms with E-state index in [-0.39, 0.29) is 0 Å². The fourth-order valence-corrected chi connectivity index (χ4v) is 1.23. The van der Waals surface area contributed by atoms with Gasteiger partial charge in [-0.05, 0) is 30.0 Å². The van der Waals surface area contributed by atoms with Gasteiger partial charge in [0.25, 0.3) is 0 Å². The van der Waals surface area contributed by atoms with Crippen molar-refractivity contribution in [3.8, 4) is 0 Å². The first-order chi connectivity index (χ1) is 6.49. The maximum atomic E-state index is 4.01. The highest BCUT2D eigenvalue weighted by atomic mass is 14.9. The summed E-state index contributed by atoms with van der Waals surface area (Å²) < 4.78 is 0. The molecule has 1 atom stereocenters. The first-order valence-electron chi connectivity index (χ1n) is 5.12. The van der Waals surface area contributed by atoms with E-state index in [9.17, 15) is 0 Å². The standard InChI is InChI=1S/C12H20N2/c1-10(14-9-12(2,3)4)11-5-7-13-8-6-11/h5-8,10,14H,9H2,1-4H3/t10-/m1/s1. The van der Waals surface area contributed by atoms with Gasteiger partial charge < -0.3 is 5.32 Å². The van der Waals surface area contributed by atoms with Crippen molar-refractivity contribution >= 4 is 0 Å². The lowest BCUT2D eigenvalue weighted by Crippen LogP contribution is -2.29. The summed E-state index contributed by atoms with van der Waals surface area (Å²) in [6, 6.07) is 4.51. The molecule has 0 fully saturated rings. The quantitative estimate of drug-likeness (QED) is 0.796. The molecule has 2 heteroatoms. The van der Waals surface area contributed by atoms with E-state index in [4.69, 9.17) is 0 Å². The topological polar surface area (TPSA) is 24.9 Å². The van der Waals surface area contributed by atoms with Crippen LogP contribution in [0.1, 0.15) is 39.3 Å². The lowest BCUT2D eigenvalue weighted by atomic mass is 9.96. The van der Waals surface area contributed by atoms with E-state index in [0.717, 1.165) is 6.54 Å². The molecule has 0 amide bonds. The van der Waals surface area contributed by atoms with Gasteiger partial charge in [0.05, 0.1) is 0 Å². The number of aromatic nitrogens is 1. The van der Waals surface area contributed by atoms with Gasteiger partial charge in [0.2, 0.25) is 0 Å². The van der Waals surface area contributed by atoms with Gasteiger partial charge in [-0.25, -0.2) is 0 Å². The van der Waals surface area contributed by atoms with E-state index in [0.29, 0.717) is 11.5 Å². The lowest BCUT2D eigenvalue weighted by molar-refractivity contribution is 0.359. The van der Waals surface area contributed by atoms with Crippen LogP contribution >= 0.6 is 0 Å². The lowest BCUT2D eigenvalue weighted by Gasteiger charge is -2.22. The van der Waals surface area contributed by atoms with Gasteiger partial charge in [-0.2, -0.15) is 0 Å². The Morgan fingerprint density at radius 3 is 2.36 bits per heavy atom. The van der Waals surface area contributed by atoms with E-state index in [1.165, 1.54) is 5.56 Å². The van der Waals surface area contributed by atoms with Crippen LogP contribution in [0.15, 0.2) is 24.5 Å². The minimum absolute atomic E-state index is 0.335. The normalized spacial score (nSPS) is 14.0. The van der Waals surface area contributed by atoms with Crippen LogP contribution in [0.3, 0.4) is 0 Å². The number of hydrogen-bond donors (Lipinski definition) is 1. The molecule has 0 radical (unpaired) electrons. The zero-order valence-corrected chi connectivity index (χ0v) is 9.54. The van der Waals surface area contributed by atoms with E-state index >= 15 is 0 Å². The van der Waals surface area contributed by atoms with E-state index < -0.39 is 0 Å². The van der Waals surface area contributed by atoms with Crippen molar-refractivity contribution in [2.45, 2.75) is 33.7 Å². The molecule has 1 aromatic heterocycles. The van der Waals surface area contributed by atoms with Crippen molar-refractivity contribution in [3.05, 3.63) is 30.1 Å². The predicted octanol–water partition coefficient (Wildman–Crippen LogP) is 2.78. The maximum absolute atomic E-state index is 4.01. The Balaban J connectivity index is 2.48. The van der Waals surface area contributed by atoms with E-state index in [2.05, 4.69) is 50.1 Å². The van der Waals surface area contributed by atoms with Gasteiger partial charge in [-0.15, -0.1) is 0 Å². The molecule has 1 heterocycles. The molecule has 0 aliphatic rings. The molecule has 2 nitrogen and oxygen atoms in total. The summed E-state index contributed by atoms with van der Waals surface area (Å²) >= 11 is 0. The van der Waals surface area contributed by atoms with Crippen LogP contribution in [-0.4, -0.2) is 11.5 Å². The molecule has 0 saturated carbocycles. The van der Waals surface area contributed by atoms with E-state index in [1.807, 2.05) is 12.4 Å². The second-order valence-corrected chi connectivity index (χ2v) is 4.94. The molecule has 0 saturated heterocycles. The smallest absolute Gasteiger partial charge is 0.0293 e. The van der Waals surface area contributed by atoms with Crippen LogP contribution in [0.2, 0.25) is 0 Å². The molecule has 0 aliphatic heterocycles. The van der Waals surface area contributed by atoms with Crippen LogP contribution in [0.4, 0.5) is 0 Å². The van der Waals surface area contributed by atoms with Gasteiger partial charge in [-0.3, -0.25) is 4.98 Å². The third-order valence-electron chi connectivity index (χ3n) is 2.14. The second kappa shape index (κ2) is 4.56. The van der Waals surface area contributed by atoms with Gasteiger partial charge in [0, 0.05) is 25.0 Å². The van der Waals surface area contributed by atoms with Gasteiger partial charge in [0.15, 0.2) is 0 Å². The van der Waals surface area contributed by atoms with Crippen LogP contribution in [0, 0.1) is 5.41 Å². The van der Waals surface area contributed by atoms with Gasteiger partial charge in [0.1, 0.15) is 0 Å². The molecule has 14 heavy (non-hydrogen) atoms. The fourth-order valence-electron chi connectivity index (χ4n) is 1.23. The van der Waals surface area contributed by atoms with Crippen molar-refractivity contribution in [2.24, 2.45) is 5.41 Å². The summed E-state index contributed by atoms with van der Waals surface area (Å²) in [5.74, 6) is 0. The number of nitrogens with one attached hydrogen (secondary N) is 1. The highest BCUT2D eigenvalue weighted by molar-refractivity contribution is 5.13. The number of pyridine rings is 1. The van der Waals surface area contributed by atoms with Crippen LogP contribution in [0.5, 0.6) is 0 Å². The van der Waals surface area contributed by atoms with Crippen molar-refractivity contribution in [1.82, 2.24) is 10.3 Å². The Kier molecular flexibility index (Phi) is 3.64. The highest BCUT2D eigenvalue weighted by Gasteiger charge is 2.12. The largest absolute Gasteiger partial charge is 0.310 e. The highest BCUT2D eigenvalue weighted by Crippen LogP contribution is 2.15. The fraction of sp³-hybridized carbons (Fsp3) is 0.583. The summed E-state index contributed by atoms with van der Waals surface area (Å²) in [4.78, 5) is 4.01. The Bertz CT molecular complexity index is 261. The third-order valence-corrected chi connectivity index (χ3v) is 2.14. The zero-order chi connectivity index (χ0) is 10.6. The number of rotatable bonds is 3. The minimum Gasteiger partial charge on any atom is -0.310 e. The molecule has 1 N–H and O–H groups in total. The Hall–Kier alpha value is -0.890. The first-order valence-corrected chi connectivity index (χ1v) is 5.12. The van der Waals surface area contributed by atoms with Crippen molar-refractivity contribution in [1.29, 1.82) is 0 Å². The third kappa shape index (κ3) is 3.88. The molecule has 0 spiro atoms. The van der Waals surface area contributed by atoms with Gasteiger partial charge >= 0.3 is 0 Å². The molecule has 78 valence electrons. The molecule has 0 bridgehead atoms. The summed E-state index contributed by atoms with van der Waals surface area (Å²) in [5.41, 5.74) is 1.63.